The summed E-state index contributed by atoms with van der Waals surface area (Å²) in [6, 6.07) is 9.80. The summed E-state index contributed by atoms with van der Waals surface area (Å²) in [6.45, 7) is 5.89. The predicted octanol–water partition coefficient (Wildman–Crippen LogP) is 3.93. The Labute approximate surface area is 112 Å². The number of benzene rings is 1. The zero-order valence-corrected chi connectivity index (χ0v) is 11.9. The highest BCUT2D eigenvalue weighted by atomic mass is 32.1. The fourth-order valence-electron chi connectivity index (χ4n) is 1.48. The fourth-order valence-corrected chi connectivity index (χ4v) is 2.30. The first-order valence-electron chi connectivity index (χ1n) is 5.84. The molecule has 0 radical (unpaired) electrons. The van der Waals surface area contributed by atoms with E-state index in [9.17, 15) is 4.79 Å². The van der Waals surface area contributed by atoms with Crippen LogP contribution in [0.25, 0.3) is 11.3 Å². The zero-order valence-electron chi connectivity index (χ0n) is 11.1. The molecule has 0 amide bonds. The number of carbonyl (C=O) groups is 1. The molecule has 0 saturated carbocycles. The van der Waals surface area contributed by atoms with Crippen LogP contribution in [0.1, 0.15) is 29.1 Å². The summed E-state index contributed by atoms with van der Waals surface area (Å²) in [4.78, 5) is 12.0. The average molecular weight is 263 g/mol. The van der Waals surface area contributed by atoms with E-state index in [0.29, 0.717) is 4.88 Å². The Morgan fingerprint density at radius 3 is 2.39 bits per heavy atom. The molecule has 96 valence electrons. The average Bonchev–Trinajstić information content (AvgIpc) is 2.83. The Morgan fingerprint density at radius 1 is 1.22 bits per heavy atom. The van der Waals surface area contributed by atoms with Crippen molar-refractivity contribution in [3.8, 4) is 11.3 Å². The number of hydrogen-bond donors (Lipinski definition) is 0. The second-order valence-electron chi connectivity index (χ2n) is 3.34. The van der Waals surface area contributed by atoms with Gasteiger partial charge in [0.15, 0.2) is 0 Å². The summed E-state index contributed by atoms with van der Waals surface area (Å²) in [6.07, 6.45) is 0. The van der Waals surface area contributed by atoms with Gasteiger partial charge in [0.1, 0.15) is 4.88 Å². The highest BCUT2D eigenvalue weighted by molar-refractivity contribution is 7.08. The molecule has 0 aliphatic heterocycles. The zero-order chi connectivity index (χ0) is 13.5. The van der Waals surface area contributed by atoms with Crippen LogP contribution < -0.4 is 0 Å². The molecule has 1 heterocycles. The van der Waals surface area contributed by atoms with E-state index in [2.05, 4.69) is 4.37 Å². The molecular weight excluding hydrogens is 246 g/mol. The molecule has 1 aromatic carbocycles. The van der Waals surface area contributed by atoms with Crippen LogP contribution in [0.2, 0.25) is 0 Å². The summed E-state index contributed by atoms with van der Waals surface area (Å²) in [7, 11) is 1.38. The van der Waals surface area contributed by atoms with Gasteiger partial charge in [0, 0.05) is 11.1 Å². The molecule has 1 aromatic heterocycles. The van der Waals surface area contributed by atoms with E-state index in [-0.39, 0.29) is 5.97 Å². The maximum atomic E-state index is 11.4. The molecule has 0 aliphatic rings. The Hall–Kier alpha value is -1.68. The van der Waals surface area contributed by atoms with Crippen molar-refractivity contribution in [2.45, 2.75) is 20.8 Å². The Morgan fingerprint density at radius 2 is 1.83 bits per heavy atom. The summed E-state index contributed by atoms with van der Waals surface area (Å²) < 4.78 is 8.99. The minimum Gasteiger partial charge on any atom is -0.465 e. The van der Waals surface area contributed by atoms with Crippen LogP contribution in [0.4, 0.5) is 0 Å². The normalized spacial score (nSPS) is 9.33. The SMILES string of the molecule is CC.COC(=O)c1snc(-c2ccccc2)c1C. The maximum absolute atomic E-state index is 11.4. The summed E-state index contributed by atoms with van der Waals surface area (Å²) in [5.74, 6) is -0.322. The quantitative estimate of drug-likeness (QED) is 0.771. The van der Waals surface area contributed by atoms with Gasteiger partial charge in [-0.1, -0.05) is 44.2 Å². The monoisotopic (exact) mass is 263 g/mol. The van der Waals surface area contributed by atoms with Gasteiger partial charge in [0.2, 0.25) is 0 Å². The lowest BCUT2D eigenvalue weighted by atomic mass is 10.1. The lowest BCUT2D eigenvalue weighted by Crippen LogP contribution is -1.99. The molecule has 0 aliphatic carbocycles. The molecule has 0 saturated heterocycles. The molecule has 2 aromatic rings. The Balaban J connectivity index is 0.000000771. The summed E-state index contributed by atoms with van der Waals surface area (Å²) >= 11 is 1.18. The van der Waals surface area contributed by atoms with E-state index in [1.54, 1.807) is 0 Å². The van der Waals surface area contributed by atoms with Crippen molar-refractivity contribution in [2.75, 3.05) is 7.11 Å². The minimum atomic E-state index is -0.322. The van der Waals surface area contributed by atoms with E-state index in [0.717, 1.165) is 16.8 Å². The topological polar surface area (TPSA) is 39.2 Å². The third-order valence-corrected chi connectivity index (χ3v) is 3.27. The first-order chi connectivity index (χ1) is 8.74. The van der Waals surface area contributed by atoms with Gasteiger partial charge in [0.25, 0.3) is 0 Å². The number of nitrogens with zero attached hydrogens (tertiary/aromatic N) is 1. The van der Waals surface area contributed by atoms with Crippen LogP contribution in [-0.4, -0.2) is 17.5 Å². The largest absolute Gasteiger partial charge is 0.465 e. The molecule has 2 rings (SSSR count). The second-order valence-corrected chi connectivity index (χ2v) is 4.12. The molecule has 18 heavy (non-hydrogen) atoms. The number of ether oxygens (including phenoxy) is 1. The Bertz CT molecular complexity index is 506. The van der Waals surface area contributed by atoms with Gasteiger partial charge in [-0.2, -0.15) is 4.37 Å². The van der Waals surface area contributed by atoms with Crippen molar-refractivity contribution in [1.29, 1.82) is 0 Å². The highest BCUT2D eigenvalue weighted by Gasteiger charge is 2.17. The van der Waals surface area contributed by atoms with Gasteiger partial charge in [-0.3, -0.25) is 0 Å². The van der Waals surface area contributed by atoms with E-state index in [1.165, 1.54) is 18.6 Å². The van der Waals surface area contributed by atoms with E-state index in [4.69, 9.17) is 4.74 Å². The molecule has 0 bridgehead atoms. The lowest BCUT2D eigenvalue weighted by Gasteiger charge is -1.99. The first-order valence-corrected chi connectivity index (χ1v) is 6.61. The van der Waals surface area contributed by atoms with Crippen LogP contribution in [-0.2, 0) is 4.74 Å². The third kappa shape index (κ3) is 2.96. The molecule has 0 atom stereocenters. The van der Waals surface area contributed by atoms with Crippen LogP contribution >= 0.6 is 11.5 Å². The molecule has 3 nitrogen and oxygen atoms in total. The van der Waals surface area contributed by atoms with Gasteiger partial charge in [0.05, 0.1) is 12.8 Å². The minimum absolute atomic E-state index is 0.322. The first kappa shape index (κ1) is 14.4. The van der Waals surface area contributed by atoms with Gasteiger partial charge in [-0.05, 0) is 18.5 Å². The number of rotatable bonds is 2. The van der Waals surface area contributed by atoms with Crippen LogP contribution in [0.5, 0.6) is 0 Å². The molecule has 4 heteroatoms. The fraction of sp³-hybridized carbons (Fsp3) is 0.286. The van der Waals surface area contributed by atoms with Crippen molar-refractivity contribution in [3.63, 3.8) is 0 Å². The van der Waals surface area contributed by atoms with Crippen LogP contribution in [0, 0.1) is 6.92 Å². The highest BCUT2D eigenvalue weighted by Crippen LogP contribution is 2.27. The van der Waals surface area contributed by atoms with Crippen molar-refractivity contribution in [3.05, 3.63) is 40.8 Å². The standard InChI is InChI=1S/C12H11NO2S.C2H6/c1-8-10(9-6-4-3-5-7-9)13-16-11(8)12(14)15-2;1-2/h3-7H,1-2H3;1-2H3. The number of carbonyl (C=O) groups excluding carboxylic acids is 1. The number of methoxy groups -OCH3 is 1. The van der Waals surface area contributed by atoms with Crippen molar-refractivity contribution < 1.29 is 9.53 Å². The molecule has 0 fully saturated rings. The van der Waals surface area contributed by atoms with Gasteiger partial charge in [-0.15, -0.1) is 0 Å². The Kier molecular flexibility index (Phi) is 5.52. The molecule has 0 spiro atoms. The second kappa shape index (κ2) is 6.91. The van der Waals surface area contributed by atoms with Gasteiger partial charge < -0.3 is 4.74 Å². The van der Waals surface area contributed by atoms with Crippen molar-refractivity contribution >= 4 is 17.5 Å². The lowest BCUT2D eigenvalue weighted by molar-refractivity contribution is 0.0605. The number of esters is 1. The van der Waals surface area contributed by atoms with E-state index < -0.39 is 0 Å². The third-order valence-electron chi connectivity index (χ3n) is 2.34. The van der Waals surface area contributed by atoms with E-state index in [1.807, 2.05) is 51.1 Å². The van der Waals surface area contributed by atoms with Gasteiger partial charge >= 0.3 is 5.97 Å². The number of aromatic nitrogens is 1. The predicted molar refractivity (Wildman–Crippen MR) is 75.0 cm³/mol. The molecule has 0 unspecified atom stereocenters. The van der Waals surface area contributed by atoms with Crippen LogP contribution in [0.3, 0.4) is 0 Å². The van der Waals surface area contributed by atoms with Gasteiger partial charge in [-0.25, -0.2) is 4.79 Å². The number of hydrogen-bond acceptors (Lipinski definition) is 4. The summed E-state index contributed by atoms with van der Waals surface area (Å²) in [5.41, 5.74) is 2.75. The molecular formula is C14H17NO2S. The molecule has 0 N–H and O–H groups in total. The van der Waals surface area contributed by atoms with Crippen molar-refractivity contribution in [2.24, 2.45) is 0 Å². The van der Waals surface area contributed by atoms with E-state index >= 15 is 0 Å². The van der Waals surface area contributed by atoms with Crippen LogP contribution in [0.15, 0.2) is 30.3 Å². The summed E-state index contributed by atoms with van der Waals surface area (Å²) in [5, 5.41) is 0. The smallest absolute Gasteiger partial charge is 0.349 e. The maximum Gasteiger partial charge on any atom is 0.349 e. The van der Waals surface area contributed by atoms with Crippen molar-refractivity contribution in [1.82, 2.24) is 4.37 Å².